The molecule has 0 aromatic heterocycles. The molecule has 2 atom stereocenters. The van der Waals surface area contributed by atoms with Crippen LogP contribution in [0.15, 0.2) is 0 Å². The average molecular weight is 243 g/mol. The van der Waals surface area contributed by atoms with Gasteiger partial charge in [-0.15, -0.1) is 11.8 Å². The van der Waals surface area contributed by atoms with E-state index in [-0.39, 0.29) is 11.9 Å². The SMILES string of the molecule is CC(CNC(=O)C1CSCN1)N(C)C1CC1. The van der Waals surface area contributed by atoms with E-state index < -0.39 is 0 Å². The van der Waals surface area contributed by atoms with E-state index in [9.17, 15) is 4.79 Å². The van der Waals surface area contributed by atoms with E-state index >= 15 is 0 Å². The van der Waals surface area contributed by atoms with Gasteiger partial charge >= 0.3 is 0 Å². The molecule has 2 N–H and O–H groups in total. The van der Waals surface area contributed by atoms with Crippen LogP contribution in [-0.4, -0.2) is 54.2 Å². The number of thioether (sulfide) groups is 1. The zero-order valence-electron chi connectivity index (χ0n) is 10.0. The maximum atomic E-state index is 11.8. The molecule has 0 aromatic carbocycles. The molecule has 1 aliphatic carbocycles. The Hall–Kier alpha value is -0.260. The van der Waals surface area contributed by atoms with E-state index in [1.54, 1.807) is 11.8 Å². The molecule has 1 heterocycles. The topological polar surface area (TPSA) is 44.4 Å². The molecule has 4 nitrogen and oxygen atoms in total. The van der Waals surface area contributed by atoms with Crippen molar-refractivity contribution in [1.82, 2.24) is 15.5 Å². The smallest absolute Gasteiger partial charge is 0.238 e. The molecule has 0 radical (unpaired) electrons. The Kier molecular flexibility index (Phi) is 4.10. The van der Waals surface area contributed by atoms with Crippen molar-refractivity contribution in [3.63, 3.8) is 0 Å². The number of hydrogen-bond donors (Lipinski definition) is 2. The van der Waals surface area contributed by atoms with Gasteiger partial charge in [0.1, 0.15) is 0 Å². The molecule has 1 amide bonds. The van der Waals surface area contributed by atoms with Crippen LogP contribution >= 0.6 is 11.8 Å². The van der Waals surface area contributed by atoms with Gasteiger partial charge in [0.15, 0.2) is 0 Å². The summed E-state index contributed by atoms with van der Waals surface area (Å²) in [6.07, 6.45) is 2.63. The number of nitrogens with one attached hydrogen (secondary N) is 2. The van der Waals surface area contributed by atoms with E-state index in [1.165, 1.54) is 12.8 Å². The van der Waals surface area contributed by atoms with E-state index in [1.807, 2.05) is 0 Å². The molecule has 1 saturated carbocycles. The van der Waals surface area contributed by atoms with Crippen molar-refractivity contribution >= 4 is 17.7 Å². The first-order valence-corrected chi connectivity index (χ1v) is 7.14. The van der Waals surface area contributed by atoms with Gasteiger partial charge in [-0.05, 0) is 26.8 Å². The number of hydrogen-bond acceptors (Lipinski definition) is 4. The highest BCUT2D eigenvalue weighted by molar-refractivity contribution is 7.99. The van der Waals surface area contributed by atoms with Crippen LogP contribution < -0.4 is 10.6 Å². The molecule has 16 heavy (non-hydrogen) atoms. The highest BCUT2D eigenvalue weighted by Gasteiger charge is 2.29. The van der Waals surface area contributed by atoms with E-state index in [4.69, 9.17) is 0 Å². The molecule has 1 saturated heterocycles. The van der Waals surface area contributed by atoms with E-state index in [0.29, 0.717) is 6.04 Å². The van der Waals surface area contributed by atoms with Gasteiger partial charge in [0.05, 0.1) is 6.04 Å². The first-order chi connectivity index (χ1) is 7.68. The second-order valence-electron chi connectivity index (χ2n) is 4.76. The van der Waals surface area contributed by atoms with Crippen molar-refractivity contribution in [3.05, 3.63) is 0 Å². The highest BCUT2D eigenvalue weighted by Crippen LogP contribution is 2.26. The van der Waals surface area contributed by atoms with Crippen LogP contribution in [0.1, 0.15) is 19.8 Å². The first-order valence-electron chi connectivity index (χ1n) is 5.99. The van der Waals surface area contributed by atoms with Crippen LogP contribution in [0.25, 0.3) is 0 Å². The van der Waals surface area contributed by atoms with Crippen molar-refractivity contribution in [3.8, 4) is 0 Å². The van der Waals surface area contributed by atoms with Crippen LogP contribution in [0.2, 0.25) is 0 Å². The summed E-state index contributed by atoms with van der Waals surface area (Å²) in [5, 5.41) is 6.21. The lowest BCUT2D eigenvalue weighted by atomic mass is 10.2. The third-order valence-corrected chi connectivity index (χ3v) is 4.36. The predicted octanol–water partition coefficient (Wildman–Crippen LogP) is 0.248. The molecule has 2 unspecified atom stereocenters. The molecule has 2 fully saturated rings. The van der Waals surface area contributed by atoms with Crippen LogP contribution in [0, 0.1) is 0 Å². The van der Waals surface area contributed by atoms with Gasteiger partial charge in [-0.2, -0.15) is 0 Å². The zero-order chi connectivity index (χ0) is 11.5. The second kappa shape index (κ2) is 5.38. The van der Waals surface area contributed by atoms with Gasteiger partial charge in [-0.3, -0.25) is 15.0 Å². The summed E-state index contributed by atoms with van der Waals surface area (Å²) < 4.78 is 0. The minimum Gasteiger partial charge on any atom is -0.353 e. The van der Waals surface area contributed by atoms with Gasteiger partial charge < -0.3 is 5.32 Å². The Morgan fingerprint density at radius 1 is 1.62 bits per heavy atom. The lowest BCUT2D eigenvalue weighted by Crippen LogP contribution is -2.47. The van der Waals surface area contributed by atoms with Gasteiger partial charge in [0.2, 0.25) is 5.91 Å². The standard InChI is InChI=1S/C11H21N3OS/c1-8(14(2)9-3-4-9)5-12-11(15)10-6-16-7-13-10/h8-10,13H,3-7H2,1-2H3,(H,12,15). The molecule has 2 aliphatic rings. The second-order valence-corrected chi connectivity index (χ2v) is 5.79. The summed E-state index contributed by atoms with van der Waals surface area (Å²) in [4.78, 5) is 14.1. The molecule has 5 heteroatoms. The van der Waals surface area contributed by atoms with Crippen molar-refractivity contribution in [2.75, 3.05) is 25.2 Å². The Morgan fingerprint density at radius 2 is 2.38 bits per heavy atom. The number of carbonyl (C=O) groups is 1. The normalized spacial score (nSPS) is 27.1. The summed E-state index contributed by atoms with van der Waals surface area (Å²) >= 11 is 1.78. The van der Waals surface area contributed by atoms with Gasteiger partial charge in [-0.1, -0.05) is 0 Å². The molecule has 0 aromatic rings. The van der Waals surface area contributed by atoms with E-state index in [2.05, 4.69) is 29.5 Å². The zero-order valence-corrected chi connectivity index (χ0v) is 10.8. The van der Waals surface area contributed by atoms with E-state index in [0.717, 1.165) is 24.2 Å². The summed E-state index contributed by atoms with van der Waals surface area (Å²) in [5.74, 6) is 1.95. The average Bonchev–Trinajstić information content (AvgIpc) is 2.99. The lowest BCUT2D eigenvalue weighted by molar-refractivity contribution is -0.122. The van der Waals surface area contributed by atoms with Crippen LogP contribution in [-0.2, 0) is 4.79 Å². The Bertz CT molecular complexity index is 252. The number of likely N-dealkylation sites (N-methyl/N-ethyl adjacent to an activating group) is 1. The monoisotopic (exact) mass is 243 g/mol. The van der Waals surface area contributed by atoms with Crippen molar-refractivity contribution in [2.24, 2.45) is 0 Å². The van der Waals surface area contributed by atoms with Crippen LogP contribution in [0.3, 0.4) is 0 Å². The number of amides is 1. The Balaban J connectivity index is 1.67. The number of nitrogens with zero attached hydrogens (tertiary/aromatic N) is 1. The summed E-state index contributed by atoms with van der Waals surface area (Å²) in [6, 6.07) is 1.21. The van der Waals surface area contributed by atoms with Gasteiger partial charge in [0.25, 0.3) is 0 Å². The maximum absolute atomic E-state index is 11.8. The van der Waals surface area contributed by atoms with Crippen molar-refractivity contribution < 1.29 is 4.79 Å². The molecule has 1 aliphatic heterocycles. The summed E-state index contributed by atoms with van der Waals surface area (Å²) in [6.45, 7) is 2.93. The molecule has 2 rings (SSSR count). The Morgan fingerprint density at radius 3 is 2.94 bits per heavy atom. The molecule has 92 valence electrons. The quantitative estimate of drug-likeness (QED) is 0.726. The Labute approximate surface area is 102 Å². The molecular weight excluding hydrogens is 222 g/mol. The molecule has 0 spiro atoms. The molecular formula is C11H21N3OS. The predicted molar refractivity (Wildman–Crippen MR) is 67.5 cm³/mol. The lowest BCUT2D eigenvalue weighted by Gasteiger charge is -2.25. The fourth-order valence-corrected chi connectivity index (χ4v) is 2.86. The fourth-order valence-electron chi connectivity index (χ4n) is 1.92. The minimum atomic E-state index is 0.0171. The first kappa shape index (κ1) is 12.2. The maximum Gasteiger partial charge on any atom is 0.238 e. The summed E-state index contributed by atoms with van der Waals surface area (Å²) in [5.41, 5.74) is 0. The van der Waals surface area contributed by atoms with Crippen molar-refractivity contribution in [1.29, 1.82) is 0 Å². The van der Waals surface area contributed by atoms with Crippen LogP contribution in [0.4, 0.5) is 0 Å². The molecule has 0 bridgehead atoms. The highest BCUT2D eigenvalue weighted by atomic mass is 32.2. The number of carbonyl (C=O) groups excluding carboxylic acids is 1. The fraction of sp³-hybridized carbons (Fsp3) is 0.909. The van der Waals surface area contributed by atoms with Crippen LogP contribution in [0.5, 0.6) is 0 Å². The minimum absolute atomic E-state index is 0.0171. The third-order valence-electron chi connectivity index (χ3n) is 3.42. The van der Waals surface area contributed by atoms with Gasteiger partial charge in [0, 0.05) is 30.3 Å². The number of rotatable bonds is 5. The van der Waals surface area contributed by atoms with Crippen molar-refractivity contribution in [2.45, 2.75) is 37.9 Å². The third kappa shape index (κ3) is 3.12. The van der Waals surface area contributed by atoms with Gasteiger partial charge in [-0.25, -0.2) is 0 Å². The summed E-state index contributed by atoms with van der Waals surface area (Å²) in [7, 11) is 2.15. The largest absolute Gasteiger partial charge is 0.353 e.